The number of nitrogens with one attached hydrogen (secondary N) is 3. The largest absolute Gasteiger partial charge is 0.418 e. The van der Waals surface area contributed by atoms with E-state index in [1.807, 2.05) is 19.1 Å². The number of halogens is 3. The first-order valence-corrected chi connectivity index (χ1v) is 8.47. The minimum Gasteiger partial charge on any atom is -0.330 e. The molecule has 3 rings (SSSR count). The molecule has 0 radical (unpaired) electrons. The van der Waals surface area contributed by atoms with Gasteiger partial charge in [-0.1, -0.05) is 48.5 Å². The van der Waals surface area contributed by atoms with Gasteiger partial charge in [-0.15, -0.1) is 0 Å². The molecule has 3 N–H and O–H groups in total. The van der Waals surface area contributed by atoms with Crippen molar-refractivity contribution in [3.63, 3.8) is 0 Å². The van der Waals surface area contributed by atoms with E-state index in [1.165, 1.54) is 18.2 Å². The Morgan fingerprint density at radius 3 is 2.39 bits per heavy atom. The first kappa shape index (κ1) is 19.5. The molecule has 0 aliphatic carbocycles. The Morgan fingerprint density at radius 1 is 1.11 bits per heavy atom. The van der Waals surface area contributed by atoms with Crippen molar-refractivity contribution in [1.82, 2.24) is 10.6 Å². The van der Waals surface area contributed by atoms with Gasteiger partial charge in [0.05, 0.1) is 17.3 Å². The fourth-order valence-corrected chi connectivity index (χ4v) is 3.09. The Balaban J connectivity index is 1.93. The third-order valence-electron chi connectivity index (χ3n) is 4.48. The Hall–Kier alpha value is -3.29. The number of anilines is 1. The van der Waals surface area contributed by atoms with Crippen LogP contribution in [0.1, 0.15) is 22.7 Å². The van der Waals surface area contributed by atoms with Gasteiger partial charge in [-0.2, -0.15) is 13.2 Å². The summed E-state index contributed by atoms with van der Waals surface area (Å²) in [4.78, 5) is 24.8. The minimum absolute atomic E-state index is 0.108. The Bertz CT molecular complexity index is 923. The molecule has 5 nitrogen and oxygen atoms in total. The summed E-state index contributed by atoms with van der Waals surface area (Å²) in [5.74, 6) is -1.71. The van der Waals surface area contributed by atoms with E-state index >= 15 is 0 Å². The average molecular weight is 389 g/mol. The second-order valence-corrected chi connectivity index (χ2v) is 6.52. The summed E-state index contributed by atoms with van der Waals surface area (Å²) in [5, 5.41) is 7.41. The van der Waals surface area contributed by atoms with Crippen molar-refractivity contribution in [1.29, 1.82) is 0 Å². The lowest BCUT2D eigenvalue weighted by atomic mass is 9.88. The molecule has 28 heavy (non-hydrogen) atoms. The Morgan fingerprint density at radius 2 is 1.75 bits per heavy atom. The van der Waals surface area contributed by atoms with E-state index in [9.17, 15) is 22.8 Å². The first-order chi connectivity index (χ1) is 13.2. The molecule has 8 heteroatoms. The quantitative estimate of drug-likeness (QED) is 0.739. The van der Waals surface area contributed by atoms with Crippen LogP contribution in [-0.2, 0) is 11.0 Å². The number of rotatable bonds is 3. The third kappa shape index (κ3) is 4.00. The molecular weight excluding hydrogens is 371 g/mol. The molecule has 0 spiro atoms. The molecular formula is C20H18F3N3O2. The molecule has 2 aromatic rings. The molecule has 0 saturated carbocycles. The number of alkyl halides is 3. The highest BCUT2D eigenvalue weighted by molar-refractivity contribution is 5.97. The van der Waals surface area contributed by atoms with Gasteiger partial charge in [0.2, 0.25) is 5.91 Å². The number of benzene rings is 2. The first-order valence-electron chi connectivity index (χ1n) is 8.47. The number of amides is 3. The molecule has 2 atom stereocenters. The normalized spacial score (nSPS) is 19.6. The smallest absolute Gasteiger partial charge is 0.330 e. The Kier molecular flexibility index (Phi) is 5.13. The number of hydrogen-bond acceptors (Lipinski definition) is 2. The van der Waals surface area contributed by atoms with Gasteiger partial charge in [0.25, 0.3) is 0 Å². The van der Waals surface area contributed by atoms with E-state index in [4.69, 9.17) is 0 Å². The van der Waals surface area contributed by atoms with Crippen LogP contribution in [0.5, 0.6) is 0 Å². The predicted molar refractivity (Wildman–Crippen MR) is 98.3 cm³/mol. The Labute approximate surface area is 159 Å². The zero-order valence-corrected chi connectivity index (χ0v) is 14.9. The number of urea groups is 1. The van der Waals surface area contributed by atoms with Crippen molar-refractivity contribution in [3.05, 3.63) is 77.5 Å². The van der Waals surface area contributed by atoms with Crippen molar-refractivity contribution in [2.45, 2.75) is 19.1 Å². The number of carbonyl (C=O) groups excluding carboxylic acids is 2. The van der Waals surface area contributed by atoms with E-state index < -0.39 is 35.6 Å². The SMILES string of the molecule is C=C1NC(=O)N[C@@H](c2ccc(C)cc2)[C@@H]1C(=O)Nc1ccccc1C(F)(F)F. The fraction of sp³-hybridized carbons (Fsp3) is 0.200. The summed E-state index contributed by atoms with van der Waals surface area (Å²) < 4.78 is 39.6. The van der Waals surface area contributed by atoms with Gasteiger partial charge >= 0.3 is 12.2 Å². The summed E-state index contributed by atoms with van der Waals surface area (Å²) in [6.45, 7) is 5.61. The topological polar surface area (TPSA) is 70.2 Å². The maximum absolute atomic E-state index is 13.2. The van der Waals surface area contributed by atoms with Crippen LogP contribution in [-0.4, -0.2) is 11.9 Å². The summed E-state index contributed by atoms with van der Waals surface area (Å²) in [7, 11) is 0. The second kappa shape index (κ2) is 7.38. The average Bonchev–Trinajstić information content (AvgIpc) is 2.61. The van der Waals surface area contributed by atoms with Crippen LogP contribution < -0.4 is 16.0 Å². The van der Waals surface area contributed by atoms with E-state index in [-0.39, 0.29) is 11.4 Å². The maximum Gasteiger partial charge on any atom is 0.418 e. The van der Waals surface area contributed by atoms with Gasteiger partial charge in [-0.25, -0.2) is 4.79 Å². The highest BCUT2D eigenvalue weighted by atomic mass is 19.4. The van der Waals surface area contributed by atoms with Gasteiger partial charge in [0, 0.05) is 5.70 Å². The summed E-state index contributed by atoms with van der Waals surface area (Å²) in [6, 6.07) is 10.6. The van der Waals surface area contributed by atoms with Crippen LogP contribution in [0.25, 0.3) is 0 Å². The molecule has 0 aromatic heterocycles. The van der Waals surface area contributed by atoms with E-state index in [2.05, 4.69) is 22.5 Å². The lowest BCUT2D eigenvalue weighted by Gasteiger charge is -2.34. The van der Waals surface area contributed by atoms with Crippen molar-refractivity contribution in [3.8, 4) is 0 Å². The lowest BCUT2D eigenvalue weighted by molar-refractivity contribution is -0.137. The van der Waals surface area contributed by atoms with Gasteiger partial charge in [0.1, 0.15) is 5.92 Å². The molecule has 1 heterocycles. The molecule has 146 valence electrons. The van der Waals surface area contributed by atoms with Gasteiger partial charge in [0.15, 0.2) is 0 Å². The zero-order chi connectivity index (χ0) is 20.5. The zero-order valence-electron chi connectivity index (χ0n) is 14.9. The standard InChI is InChI=1S/C20H18F3N3O2/c1-11-7-9-13(10-8-11)17-16(12(2)24-19(28)26-17)18(27)25-15-6-4-3-5-14(15)20(21,22)23/h3-10,16-17H,2H2,1H3,(H,25,27)(H2,24,26,28)/t16-,17+/m1/s1. The van der Waals surface area contributed by atoms with Gasteiger partial charge < -0.3 is 16.0 Å². The van der Waals surface area contributed by atoms with E-state index in [0.29, 0.717) is 5.56 Å². The van der Waals surface area contributed by atoms with Crippen LogP contribution in [0.3, 0.4) is 0 Å². The monoisotopic (exact) mass is 389 g/mol. The number of hydrogen-bond donors (Lipinski definition) is 3. The molecule has 0 unspecified atom stereocenters. The fourth-order valence-electron chi connectivity index (χ4n) is 3.09. The lowest BCUT2D eigenvalue weighted by Crippen LogP contribution is -2.51. The maximum atomic E-state index is 13.2. The molecule has 1 aliphatic heterocycles. The molecule has 2 aromatic carbocycles. The van der Waals surface area contributed by atoms with Crippen molar-refractivity contribution in [2.24, 2.45) is 5.92 Å². The number of aryl methyl sites for hydroxylation is 1. The van der Waals surface area contributed by atoms with Crippen LogP contribution in [0, 0.1) is 12.8 Å². The summed E-state index contributed by atoms with van der Waals surface area (Å²) >= 11 is 0. The molecule has 0 bridgehead atoms. The van der Waals surface area contributed by atoms with Crippen LogP contribution in [0.4, 0.5) is 23.7 Å². The number of carbonyl (C=O) groups is 2. The van der Waals surface area contributed by atoms with E-state index in [1.54, 1.807) is 12.1 Å². The van der Waals surface area contributed by atoms with Crippen molar-refractivity contribution in [2.75, 3.05) is 5.32 Å². The van der Waals surface area contributed by atoms with E-state index in [0.717, 1.165) is 11.6 Å². The highest BCUT2D eigenvalue weighted by Gasteiger charge is 2.39. The summed E-state index contributed by atoms with van der Waals surface area (Å²) in [5.41, 5.74) is 0.436. The highest BCUT2D eigenvalue weighted by Crippen LogP contribution is 2.36. The van der Waals surface area contributed by atoms with Gasteiger partial charge in [-0.05, 0) is 24.6 Å². The van der Waals surface area contributed by atoms with Crippen LogP contribution >= 0.6 is 0 Å². The van der Waals surface area contributed by atoms with Crippen molar-refractivity contribution < 1.29 is 22.8 Å². The molecule has 1 fully saturated rings. The van der Waals surface area contributed by atoms with Gasteiger partial charge in [-0.3, -0.25) is 4.79 Å². The minimum atomic E-state index is -4.61. The molecule has 1 aliphatic rings. The predicted octanol–water partition coefficient (Wildman–Crippen LogP) is 4.14. The van der Waals surface area contributed by atoms with Crippen LogP contribution in [0.2, 0.25) is 0 Å². The third-order valence-corrected chi connectivity index (χ3v) is 4.48. The van der Waals surface area contributed by atoms with Crippen molar-refractivity contribution >= 4 is 17.6 Å². The number of para-hydroxylation sites is 1. The second-order valence-electron chi connectivity index (χ2n) is 6.52. The molecule has 3 amide bonds. The molecule has 1 saturated heterocycles. The van der Waals surface area contributed by atoms with Crippen LogP contribution in [0.15, 0.2) is 60.8 Å². The summed E-state index contributed by atoms with van der Waals surface area (Å²) in [6.07, 6.45) is -4.61.